The Labute approximate surface area is 229 Å². The van der Waals surface area contributed by atoms with Crippen LogP contribution in [0.1, 0.15) is 48.8 Å². The fourth-order valence-electron chi connectivity index (χ4n) is 4.45. The Kier molecular flexibility index (Phi) is 8.05. The second kappa shape index (κ2) is 10.6. The van der Waals surface area contributed by atoms with Crippen molar-refractivity contribution in [1.82, 2.24) is 14.9 Å². The zero-order valence-electron chi connectivity index (χ0n) is 21.1. The van der Waals surface area contributed by atoms with Gasteiger partial charge in [0.05, 0.1) is 4.90 Å². The Bertz CT molecular complexity index is 1620. The molecule has 0 atom stereocenters. The molecule has 2 aromatic carbocycles. The van der Waals surface area contributed by atoms with Crippen LogP contribution in [-0.4, -0.2) is 42.1 Å². The fraction of sp³-hybridized carbons (Fsp3) is 0.222. The number of carbonyl (C=O) groups excluding carboxylic acids is 2. The first-order valence-corrected chi connectivity index (χ1v) is 12.8. The van der Waals surface area contributed by atoms with E-state index in [4.69, 9.17) is 5.73 Å². The molecule has 0 fully saturated rings. The van der Waals surface area contributed by atoms with Gasteiger partial charge in [0.2, 0.25) is 9.84 Å². The summed E-state index contributed by atoms with van der Waals surface area (Å²) in [6, 6.07) is 13.7. The molecule has 2 aromatic heterocycles. The van der Waals surface area contributed by atoms with Gasteiger partial charge in [0, 0.05) is 19.8 Å². The molecular weight excluding hydrogens is 577 g/mol. The minimum Gasteiger partial charge on any atom is -0.364 e. The molecule has 2 amide bonds. The van der Waals surface area contributed by atoms with E-state index in [0.717, 1.165) is 33.2 Å². The van der Waals surface area contributed by atoms with E-state index in [1.807, 2.05) is 25.1 Å². The maximum absolute atomic E-state index is 13.6. The van der Waals surface area contributed by atoms with Gasteiger partial charge in [0.1, 0.15) is 16.3 Å². The van der Waals surface area contributed by atoms with E-state index in [1.54, 1.807) is 33.2 Å². The van der Waals surface area contributed by atoms with Gasteiger partial charge in [-0.1, -0.05) is 19.1 Å². The number of primary amides is 1. The Morgan fingerprint density at radius 2 is 1.70 bits per heavy atom. The quantitative estimate of drug-likeness (QED) is 0.256. The van der Waals surface area contributed by atoms with Crippen LogP contribution in [0.25, 0.3) is 10.9 Å². The van der Waals surface area contributed by atoms with Gasteiger partial charge in [0.25, 0.3) is 11.8 Å². The van der Waals surface area contributed by atoms with Crippen molar-refractivity contribution in [3.05, 3.63) is 87.9 Å². The predicted octanol–water partition coefficient (Wildman–Crippen LogP) is 3.80. The van der Waals surface area contributed by atoms with E-state index in [2.05, 4.69) is 16.0 Å². The number of sulfone groups is 1. The van der Waals surface area contributed by atoms with Crippen LogP contribution in [0, 0.1) is 33.8 Å². The molecular formula is C27H27N4O4RuS. The third kappa shape index (κ3) is 5.22. The first-order chi connectivity index (χ1) is 16.9. The Hall–Kier alpha value is -3.36. The van der Waals surface area contributed by atoms with Crippen molar-refractivity contribution in [2.24, 2.45) is 5.73 Å². The van der Waals surface area contributed by atoms with Crippen LogP contribution < -0.4 is 5.73 Å². The number of nitrogens with zero attached hydrogens (tertiary/aromatic N) is 2. The Morgan fingerprint density at radius 1 is 1.05 bits per heavy atom. The Balaban J connectivity index is 0.00000380. The topological polar surface area (TPSA) is 126 Å². The first kappa shape index (κ1) is 28.2. The number of nitrogens with one attached hydrogen (secondary N) is 1. The van der Waals surface area contributed by atoms with E-state index in [1.165, 1.54) is 24.0 Å². The number of aromatic amines is 1. The van der Waals surface area contributed by atoms with Gasteiger partial charge in [-0.3, -0.25) is 9.59 Å². The number of aromatic nitrogens is 2. The number of H-pyrrole nitrogens is 1. The molecule has 8 nitrogen and oxygen atoms in total. The monoisotopic (exact) mass is 605 g/mol. The number of hydrogen-bond acceptors (Lipinski definition) is 5. The number of fused-ring (bicyclic) bond motifs is 1. The number of hydrogen-bond donors (Lipinski definition) is 2. The van der Waals surface area contributed by atoms with Crippen LogP contribution in [0.3, 0.4) is 0 Å². The van der Waals surface area contributed by atoms with Gasteiger partial charge in [-0.05, 0) is 61.2 Å². The molecule has 193 valence electrons. The average molecular weight is 605 g/mol. The molecule has 4 rings (SSSR count). The van der Waals surface area contributed by atoms with E-state index >= 15 is 0 Å². The summed E-state index contributed by atoms with van der Waals surface area (Å²) < 4.78 is 27.2. The standard InChI is InChI=1S/C27H27N4O4S.Ru/c1-15-11-16(2)13-20(12-15)36(34,35)25-18(4)23(30-24(25)26(28)32)27(33)31(5)14-19-8-9-22-21(17(19)3)7-6-10-29-22;/h6-7,9-13,30H,14H2,1-5H3,(H2,28,32);/q-1;+1. The summed E-state index contributed by atoms with van der Waals surface area (Å²) in [6.07, 6.45) is 1.71. The number of carbonyl (C=O) groups is 2. The van der Waals surface area contributed by atoms with Gasteiger partial charge < -0.3 is 20.6 Å². The molecule has 0 aliphatic carbocycles. The molecule has 1 radical (unpaired) electrons. The normalized spacial score (nSPS) is 11.3. The van der Waals surface area contributed by atoms with E-state index in [9.17, 15) is 18.0 Å². The molecule has 0 bridgehead atoms. The molecule has 2 heterocycles. The molecule has 0 saturated carbocycles. The van der Waals surface area contributed by atoms with E-state index in [-0.39, 0.29) is 52.8 Å². The molecule has 0 aliphatic rings. The molecule has 3 N–H and O–H groups in total. The number of benzene rings is 2. The summed E-state index contributed by atoms with van der Waals surface area (Å²) in [5.74, 6) is -1.44. The van der Waals surface area contributed by atoms with Gasteiger partial charge in [-0.25, -0.2) is 8.42 Å². The van der Waals surface area contributed by atoms with Crippen molar-refractivity contribution in [2.75, 3.05) is 7.05 Å². The molecule has 0 spiro atoms. The number of amides is 2. The largest absolute Gasteiger partial charge is 1.00 e. The van der Waals surface area contributed by atoms with Crippen molar-refractivity contribution in [3.63, 3.8) is 0 Å². The van der Waals surface area contributed by atoms with Crippen molar-refractivity contribution in [2.45, 2.75) is 44.0 Å². The number of pyridine rings is 1. The molecule has 37 heavy (non-hydrogen) atoms. The van der Waals surface area contributed by atoms with Crippen molar-refractivity contribution < 1.29 is 37.5 Å². The van der Waals surface area contributed by atoms with Crippen LogP contribution in [-0.2, 0) is 35.9 Å². The van der Waals surface area contributed by atoms with Gasteiger partial charge in [0.15, 0.2) is 0 Å². The molecule has 0 unspecified atom stereocenters. The molecule has 0 saturated heterocycles. The summed E-state index contributed by atoms with van der Waals surface area (Å²) in [7, 11) is -2.53. The van der Waals surface area contributed by atoms with Crippen LogP contribution in [0.5, 0.6) is 0 Å². The minimum absolute atomic E-state index is 0. The SMILES string of the molecule is Cc1cc(C)cc(S(=O)(=O)c2c(C(N)=O)[nH]c(C(=O)N(C)Cc3[c-]cc4ncccc4c3C)c2C)c1.[Ru+]. The predicted molar refractivity (Wildman–Crippen MR) is 137 cm³/mol. The number of nitrogens with two attached hydrogens (primary N) is 1. The molecule has 4 aromatic rings. The van der Waals surface area contributed by atoms with Gasteiger partial charge in [-0.2, -0.15) is 12.1 Å². The van der Waals surface area contributed by atoms with Crippen molar-refractivity contribution in [3.8, 4) is 0 Å². The molecule has 0 aliphatic heterocycles. The fourth-order valence-corrected chi connectivity index (χ4v) is 6.29. The van der Waals surface area contributed by atoms with Gasteiger partial charge >= 0.3 is 19.5 Å². The van der Waals surface area contributed by atoms with Crippen LogP contribution >= 0.6 is 0 Å². The third-order valence-electron chi connectivity index (χ3n) is 6.25. The zero-order valence-corrected chi connectivity index (χ0v) is 23.7. The van der Waals surface area contributed by atoms with Crippen LogP contribution in [0.15, 0.2) is 52.4 Å². The summed E-state index contributed by atoms with van der Waals surface area (Å²) in [4.78, 5) is 33.9. The van der Waals surface area contributed by atoms with E-state index < -0.39 is 21.7 Å². The van der Waals surface area contributed by atoms with E-state index in [0.29, 0.717) is 0 Å². The van der Waals surface area contributed by atoms with Gasteiger partial charge in [-0.15, -0.1) is 16.5 Å². The second-order valence-corrected chi connectivity index (χ2v) is 10.9. The Morgan fingerprint density at radius 3 is 2.32 bits per heavy atom. The zero-order chi connectivity index (χ0) is 26.4. The summed E-state index contributed by atoms with van der Waals surface area (Å²) >= 11 is 0. The van der Waals surface area contributed by atoms with Crippen molar-refractivity contribution in [1.29, 1.82) is 0 Å². The smallest absolute Gasteiger partial charge is 0.364 e. The average Bonchev–Trinajstić information content (AvgIpc) is 3.18. The second-order valence-electron chi connectivity index (χ2n) is 9.01. The minimum atomic E-state index is -4.13. The first-order valence-electron chi connectivity index (χ1n) is 11.3. The maximum Gasteiger partial charge on any atom is 1.00 e. The van der Waals surface area contributed by atoms with Crippen molar-refractivity contribution >= 4 is 32.6 Å². The number of rotatable bonds is 6. The van der Waals surface area contributed by atoms with Crippen LogP contribution in [0.4, 0.5) is 0 Å². The van der Waals surface area contributed by atoms with Crippen LogP contribution in [0.2, 0.25) is 0 Å². The third-order valence-corrected chi connectivity index (χ3v) is 8.15. The number of aryl methyl sites for hydroxylation is 3. The molecule has 10 heteroatoms. The maximum atomic E-state index is 13.6. The summed E-state index contributed by atoms with van der Waals surface area (Å²) in [5, 5.41) is 0.959. The summed E-state index contributed by atoms with van der Waals surface area (Å²) in [5.41, 5.74) is 9.42. The summed E-state index contributed by atoms with van der Waals surface area (Å²) in [6.45, 7) is 7.24.